The van der Waals surface area contributed by atoms with Crippen LogP contribution in [-0.4, -0.2) is 25.4 Å². The number of hydrogen-bond acceptors (Lipinski definition) is 2. The van der Waals surface area contributed by atoms with Crippen LogP contribution in [0.4, 0.5) is 0 Å². The molecule has 0 amide bonds. The van der Waals surface area contributed by atoms with Gasteiger partial charge < -0.3 is 4.74 Å². The van der Waals surface area contributed by atoms with E-state index < -0.39 is 0 Å². The Kier molecular flexibility index (Phi) is 4.54. The molecule has 0 aromatic heterocycles. The molecule has 3 nitrogen and oxygen atoms in total. The lowest BCUT2D eigenvalue weighted by Crippen LogP contribution is -2.01. The molecular weight excluding hydrogens is 128 g/mol. The molecule has 3 heteroatoms. The van der Waals surface area contributed by atoms with Gasteiger partial charge in [-0.1, -0.05) is 0 Å². The number of methoxy groups -OCH3 is 1. The van der Waals surface area contributed by atoms with Crippen molar-refractivity contribution in [2.75, 3.05) is 7.11 Å². The second-order valence-corrected chi connectivity index (χ2v) is 2.10. The van der Waals surface area contributed by atoms with Crippen molar-refractivity contribution in [1.82, 2.24) is 0 Å². The maximum Gasteiger partial charge on any atom is 0.311 e. The highest BCUT2D eigenvalue weighted by Gasteiger charge is 1.93. The third kappa shape index (κ3) is 4.06. The van der Waals surface area contributed by atoms with Crippen molar-refractivity contribution in [3.05, 3.63) is 0 Å². The van der Waals surface area contributed by atoms with Gasteiger partial charge >= 0.3 is 6.02 Å². The van der Waals surface area contributed by atoms with Crippen molar-refractivity contribution in [3.63, 3.8) is 0 Å². The van der Waals surface area contributed by atoms with Crippen LogP contribution in [0.25, 0.3) is 0 Å². The van der Waals surface area contributed by atoms with Gasteiger partial charge in [0, 0.05) is 12.3 Å². The molecule has 0 aromatic carbocycles. The number of nitrogens with zero attached hydrogens (tertiary/aromatic N) is 2. The summed E-state index contributed by atoms with van der Waals surface area (Å²) in [6.07, 6.45) is 1.66. The lowest BCUT2D eigenvalue weighted by atomic mass is 10.4. The first kappa shape index (κ1) is 9.14. The van der Waals surface area contributed by atoms with Gasteiger partial charge in [0.05, 0.1) is 7.11 Å². The Morgan fingerprint density at radius 3 is 2.40 bits per heavy atom. The first-order valence-corrected chi connectivity index (χ1v) is 3.31. The summed E-state index contributed by atoms with van der Waals surface area (Å²) in [6, 6.07) is 0.677. The van der Waals surface area contributed by atoms with Crippen LogP contribution in [0.5, 0.6) is 0 Å². The van der Waals surface area contributed by atoms with Gasteiger partial charge in [-0.2, -0.15) is 0 Å². The molecule has 0 rings (SSSR count). The van der Waals surface area contributed by atoms with Crippen molar-refractivity contribution >= 4 is 12.2 Å². The van der Waals surface area contributed by atoms with Crippen LogP contribution in [0.1, 0.15) is 20.8 Å². The van der Waals surface area contributed by atoms with E-state index in [4.69, 9.17) is 4.74 Å². The van der Waals surface area contributed by atoms with E-state index >= 15 is 0 Å². The van der Waals surface area contributed by atoms with E-state index in [0.717, 1.165) is 0 Å². The maximum absolute atomic E-state index is 4.85. The van der Waals surface area contributed by atoms with Crippen LogP contribution < -0.4 is 0 Å². The second-order valence-electron chi connectivity index (χ2n) is 2.10. The number of aliphatic imine (C=N–C) groups is 2. The Bertz CT molecular complexity index is 139. The summed E-state index contributed by atoms with van der Waals surface area (Å²) >= 11 is 0. The van der Waals surface area contributed by atoms with Crippen LogP contribution in [0.2, 0.25) is 0 Å². The van der Waals surface area contributed by atoms with Crippen molar-refractivity contribution in [1.29, 1.82) is 0 Å². The monoisotopic (exact) mass is 142 g/mol. The topological polar surface area (TPSA) is 34.0 Å². The van der Waals surface area contributed by atoms with Gasteiger partial charge in [0.25, 0.3) is 0 Å². The minimum Gasteiger partial charge on any atom is -0.467 e. The standard InChI is InChI=1S/C7H14N2O/c1-5-8-7(10-4)9-6(2)3/h5-6H,1-4H3/b8-5-,9-7+. The third-order valence-corrected chi connectivity index (χ3v) is 0.791. The molecule has 0 saturated carbocycles. The molecule has 10 heavy (non-hydrogen) atoms. The molecule has 0 atom stereocenters. The summed E-state index contributed by atoms with van der Waals surface area (Å²) in [5.41, 5.74) is 0. The maximum atomic E-state index is 4.85. The van der Waals surface area contributed by atoms with E-state index in [1.807, 2.05) is 20.8 Å². The molecule has 0 radical (unpaired) electrons. The highest BCUT2D eigenvalue weighted by molar-refractivity contribution is 5.82. The Balaban J connectivity index is 4.04. The van der Waals surface area contributed by atoms with Crippen LogP contribution in [0, 0.1) is 0 Å². The van der Waals surface area contributed by atoms with Gasteiger partial charge in [0.1, 0.15) is 0 Å². The molecule has 0 bridgehead atoms. The fourth-order valence-electron chi connectivity index (χ4n) is 0.470. The molecule has 0 aliphatic rings. The summed E-state index contributed by atoms with van der Waals surface area (Å²) in [5.74, 6) is 0. The normalized spacial score (nSPS) is 13.1. The van der Waals surface area contributed by atoms with Gasteiger partial charge in [0.2, 0.25) is 0 Å². The first-order chi connectivity index (χ1) is 4.70. The smallest absolute Gasteiger partial charge is 0.311 e. The molecule has 0 aliphatic carbocycles. The molecule has 58 valence electrons. The van der Waals surface area contributed by atoms with E-state index in [9.17, 15) is 0 Å². The fourth-order valence-corrected chi connectivity index (χ4v) is 0.470. The number of hydrogen-bond donors (Lipinski definition) is 0. The van der Waals surface area contributed by atoms with Gasteiger partial charge in [-0.25, -0.2) is 9.98 Å². The number of ether oxygens (including phenoxy) is 1. The summed E-state index contributed by atoms with van der Waals surface area (Å²) < 4.78 is 4.85. The average Bonchev–Trinajstić information content (AvgIpc) is 1.86. The molecule has 0 saturated heterocycles. The van der Waals surface area contributed by atoms with Gasteiger partial charge in [-0.15, -0.1) is 0 Å². The summed E-state index contributed by atoms with van der Waals surface area (Å²) in [5, 5.41) is 0. The average molecular weight is 142 g/mol. The quantitative estimate of drug-likeness (QED) is 0.403. The van der Waals surface area contributed by atoms with Crippen molar-refractivity contribution in [3.8, 4) is 0 Å². The predicted octanol–water partition coefficient (Wildman–Crippen LogP) is 1.49. The van der Waals surface area contributed by atoms with Gasteiger partial charge in [-0.05, 0) is 20.8 Å². The number of amidine groups is 1. The second kappa shape index (κ2) is 4.97. The fraction of sp³-hybridized carbons (Fsp3) is 0.714. The molecule has 0 aromatic rings. The minimum absolute atomic E-state index is 0.235. The zero-order chi connectivity index (χ0) is 7.98. The Hall–Kier alpha value is -0.860. The third-order valence-electron chi connectivity index (χ3n) is 0.791. The molecule has 0 fully saturated rings. The highest BCUT2D eigenvalue weighted by atomic mass is 16.5. The first-order valence-electron chi connectivity index (χ1n) is 3.31. The summed E-state index contributed by atoms with van der Waals surface area (Å²) in [6.45, 7) is 5.78. The van der Waals surface area contributed by atoms with Crippen LogP contribution in [-0.2, 0) is 4.74 Å². The molecule has 0 unspecified atom stereocenters. The van der Waals surface area contributed by atoms with Crippen LogP contribution in [0.3, 0.4) is 0 Å². The molecular formula is C7H14N2O. The zero-order valence-electron chi connectivity index (χ0n) is 6.96. The largest absolute Gasteiger partial charge is 0.467 e. The predicted molar refractivity (Wildman–Crippen MR) is 43.7 cm³/mol. The van der Waals surface area contributed by atoms with E-state index in [1.54, 1.807) is 13.3 Å². The lowest BCUT2D eigenvalue weighted by molar-refractivity contribution is 0.393. The van der Waals surface area contributed by atoms with Crippen molar-refractivity contribution < 1.29 is 4.74 Å². The molecule has 0 aliphatic heterocycles. The van der Waals surface area contributed by atoms with E-state index in [2.05, 4.69) is 9.98 Å². The Labute approximate surface area is 61.8 Å². The number of rotatable bonds is 1. The Morgan fingerprint density at radius 1 is 1.50 bits per heavy atom. The van der Waals surface area contributed by atoms with Gasteiger partial charge in [-0.3, -0.25) is 0 Å². The highest BCUT2D eigenvalue weighted by Crippen LogP contribution is 1.89. The Morgan fingerprint density at radius 2 is 2.10 bits per heavy atom. The van der Waals surface area contributed by atoms with E-state index in [0.29, 0.717) is 6.02 Å². The zero-order valence-corrected chi connectivity index (χ0v) is 6.96. The minimum atomic E-state index is 0.235. The SMILES string of the molecule is C/C=N\C(=N/C(C)C)OC. The van der Waals surface area contributed by atoms with E-state index in [-0.39, 0.29) is 6.04 Å². The summed E-state index contributed by atoms with van der Waals surface area (Å²) in [7, 11) is 1.56. The van der Waals surface area contributed by atoms with Crippen LogP contribution in [0.15, 0.2) is 9.98 Å². The van der Waals surface area contributed by atoms with Gasteiger partial charge in [0.15, 0.2) is 0 Å². The van der Waals surface area contributed by atoms with Crippen LogP contribution >= 0.6 is 0 Å². The summed E-state index contributed by atoms with van der Waals surface area (Å²) in [4.78, 5) is 7.97. The lowest BCUT2D eigenvalue weighted by Gasteiger charge is -1.99. The van der Waals surface area contributed by atoms with Crippen molar-refractivity contribution in [2.45, 2.75) is 26.8 Å². The molecule has 0 heterocycles. The van der Waals surface area contributed by atoms with E-state index in [1.165, 1.54) is 0 Å². The molecule has 0 N–H and O–H groups in total. The molecule has 0 spiro atoms. The van der Waals surface area contributed by atoms with Crippen molar-refractivity contribution in [2.24, 2.45) is 9.98 Å².